The fourth-order valence-corrected chi connectivity index (χ4v) is 1.60. The van der Waals surface area contributed by atoms with Gasteiger partial charge in [-0.2, -0.15) is 8.78 Å². The van der Waals surface area contributed by atoms with Gasteiger partial charge < -0.3 is 10.2 Å². The number of carboxylic acid groups (broad SMARTS) is 2. The Hall–Kier alpha value is -2.02. The van der Waals surface area contributed by atoms with Gasteiger partial charge >= 0.3 is 11.9 Å². The summed E-state index contributed by atoms with van der Waals surface area (Å²) in [5, 5.41) is 17.2. The lowest BCUT2D eigenvalue weighted by Gasteiger charge is -2.24. The molecule has 0 bridgehead atoms. The van der Waals surface area contributed by atoms with Crippen molar-refractivity contribution in [2.75, 3.05) is 19.6 Å². The molecule has 0 aliphatic heterocycles. The average molecular weight is 273 g/mol. The molecule has 19 heavy (non-hydrogen) atoms. The van der Waals surface area contributed by atoms with Crippen molar-refractivity contribution in [1.82, 2.24) is 4.90 Å². The number of aliphatic carboxylic acids is 2. The summed E-state index contributed by atoms with van der Waals surface area (Å²) in [6, 6.07) is 6.86. The topological polar surface area (TPSA) is 77.8 Å². The fourth-order valence-electron chi connectivity index (χ4n) is 1.60. The minimum Gasteiger partial charge on any atom is -0.480 e. The molecule has 0 atom stereocenters. The highest BCUT2D eigenvalue weighted by Gasteiger charge is 2.34. The van der Waals surface area contributed by atoms with E-state index in [1.165, 1.54) is 24.3 Å². The molecule has 1 aromatic rings. The Morgan fingerprint density at radius 2 is 1.53 bits per heavy atom. The van der Waals surface area contributed by atoms with Crippen LogP contribution in [-0.2, 0) is 15.5 Å². The van der Waals surface area contributed by atoms with Gasteiger partial charge in [0.25, 0.3) is 5.92 Å². The SMILES string of the molecule is O=C(O)CN(CC(=O)O)CC(F)(F)c1ccccc1. The number of rotatable bonds is 7. The molecule has 2 N–H and O–H groups in total. The van der Waals surface area contributed by atoms with Crippen LogP contribution in [0, 0.1) is 0 Å². The lowest BCUT2D eigenvalue weighted by Crippen LogP contribution is -2.41. The van der Waals surface area contributed by atoms with E-state index < -0.39 is 37.5 Å². The Labute approximate surface area is 108 Å². The predicted octanol–water partition coefficient (Wildman–Crippen LogP) is 1.25. The number of hydrogen-bond acceptors (Lipinski definition) is 3. The van der Waals surface area contributed by atoms with Crippen LogP contribution in [0.3, 0.4) is 0 Å². The Morgan fingerprint density at radius 3 is 1.95 bits per heavy atom. The second-order valence-corrected chi connectivity index (χ2v) is 4.00. The molecule has 0 spiro atoms. The van der Waals surface area contributed by atoms with Crippen LogP contribution in [0.15, 0.2) is 30.3 Å². The average Bonchev–Trinajstić information content (AvgIpc) is 2.27. The van der Waals surface area contributed by atoms with Crippen LogP contribution in [0.1, 0.15) is 5.56 Å². The first-order chi connectivity index (χ1) is 8.81. The molecule has 5 nitrogen and oxygen atoms in total. The van der Waals surface area contributed by atoms with Crippen molar-refractivity contribution in [3.63, 3.8) is 0 Å². The summed E-state index contributed by atoms with van der Waals surface area (Å²) in [6.07, 6.45) is 0. The molecule has 0 saturated carbocycles. The Bertz CT molecular complexity index is 434. The maximum absolute atomic E-state index is 13.9. The first kappa shape index (κ1) is 15.0. The van der Waals surface area contributed by atoms with Gasteiger partial charge in [0.1, 0.15) is 0 Å². The summed E-state index contributed by atoms with van der Waals surface area (Å²) in [4.78, 5) is 21.7. The molecule has 1 aromatic carbocycles. The van der Waals surface area contributed by atoms with Crippen LogP contribution in [0.4, 0.5) is 8.78 Å². The minimum absolute atomic E-state index is 0.282. The van der Waals surface area contributed by atoms with Gasteiger partial charge in [0.15, 0.2) is 0 Å². The van der Waals surface area contributed by atoms with Gasteiger partial charge in [-0.1, -0.05) is 30.3 Å². The van der Waals surface area contributed by atoms with E-state index >= 15 is 0 Å². The standard InChI is InChI=1S/C12H13F2NO4/c13-12(14,9-4-2-1-3-5-9)8-15(6-10(16)17)7-11(18)19/h1-5H,6-8H2,(H,16,17)(H,18,19). The third kappa shape index (κ3) is 5.01. The van der Waals surface area contributed by atoms with E-state index in [0.717, 1.165) is 0 Å². The van der Waals surface area contributed by atoms with Gasteiger partial charge in [0.05, 0.1) is 19.6 Å². The molecule has 0 aliphatic rings. The molecule has 0 saturated heterocycles. The van der Waals surface area contributed by atoms with E-state index in [1.54, 1.807) is 6.07 Å². The quantitative estimate of drug-likeness (QED) is 0.781. The van der Waals surface area contributed by atoms with Gasteiger partial charge in [-0.25, -0.2) is 0 Å². The smallest absolute Gasteiger partial charge is 0.317 e. The summed E-state index contributed by atoms with van der Waals surface area (Å²) >= 11 is 0. The normalized spacial score (nSPS) is 11.5. The molecular weight excluding hydrogens is 260 g/mol. The van der Waals surface area contributed by atoms with Crippen LogP contribution in [0.2, 0.25) is 0 Å². The first-order valence-electron chi connectivity index (χ1n) is 5.40. The zero-order chi connectivity index (χ0) is 14.5. The van der Waals surface area contributed by atoms with E-state index in [-0.39, 0.29) is 5.56 Å². The number of halogens is 2. The van der Waals surface area contributed by atoms with Crippen LogP contribution in [0.5, 0.6) is 0 Å². The molecule has 104 valence electrons. The highest BCUT2D eigenvalue weighted by atomic mass is 19.3. The van der Waals surface area contributed by atoms with Crippen molar-refractivity contribution in [3.8, 4) is 0 Å². The van der Waals surface area contributed by atoms with Crippen LogP contribution < -0.4 is 0 Å². The van der Waals surface area contributed by atoms with Gasteiger partial charge in [-0.3, -0.25) is 14.5 Å². The predicted molar refractivity (Wildman–Crippen MR) is 62.0 cm³/mol. The van der Waals surface area contributed by atoms with Crippen molar-refractivity contribution in [3.05, 3.63) is 35.9 Å². The first-order valence-corrected chi connectivity index (χ1v) is 5.40. The summed E-state index contributed by atoms with van der Waals surface area (Å²) in [7, 11) is 0. The Morgan fingerprint density at radius 1 is 1.05 bits per heavy atom. The fraction of sp³-hybridized carbons (Fsp3) is 0.333. The van der Waals surface area contributed by atoms with Gasteiger partial charge in [0.2, 0.25) is 0 Å². The van der Waals surface area contributed by atoms with Crippen molar-refractivity contribution in [1.29, 1.82) is 0 Å². The maximum atomic E-state index is 13.9. The van der Waals surface area contributed by atoms with E-state index in [2.05, 4.69) is 0 Å². The van der Waals surface area contributed by atoms with Crippen molar-refractivity contribution >= 4 is 11.9 Å². The lowest BCUT2D eigenvalue weighted by atomic mass is 10.1. The third-order valence-corrected chi connectivity index (χ3v) is 2.34. The molecule has 7 heteroatoms. The number of carbonyl (C=O) groups is 2. The summed E-state index contributed by atoms with van der Waals surface area (Å²) in [5.41, 5.74) is -0.282. The molecule has 0 unspecified atom stereocenters. The highest BCUT2D eigenvalue weighted by Crippen LogP contribution is 2.28. The van der Waals surface area contributed by atoms with Gasteiger partial charge in [0, 0.05) is 5.56 Å². The van der Waals surface area contributed by atoms with E-state index in [1.807, 2.05) is 0 Å². The zero-order valence-electron chi connectivity index (χ0n) is 9.92. The number of hydrogen-bond donors (Lipinski definition) is 2. The number of benzene rings is 1. The van der Waals surface area contributed by atoms with Crippen LogP contribution >= 0.6 is 0 Å². The minimum atomic E-state index is -3.31. The Kier molecular flexibility index (Phi) is 4.94. The second-order valence-electron chi connectivity index (χ2n) is 4.00. The molecule has 0 aromatic heterocycles. The van der Waals surface area contributed by atoms with Crippen molar-refractivity contribution < 1.29 is 28.6 Å². The molecule has 0 aliphatic carbocycles. The number of alkyl halides is 2. The third-order valence-electron chi connectivity index (χ3n) is 2.34. The van der Waals surface area contributed by atoms with Gasteiger partial charge in [-0.15, -0.1) is 0 Å². The van der Waals surface area contributed by atoms with E-state index in [4.69, 9.17) is 10.2 Å². The zero-order valence-corrected chi connectivity index (χ0v) is 9.92. The lowest BCUT2D eigenvalue weighted by molar-refractivity contribution is -0.144. The monoisotopic (exact) mass is 273 g/mol. The molecular formula is C12H13F2NO4. The maximum Gasteiger partial charge on any atom is 0.317 e. The largest absolute Gasteiger partial charge is 0.480 e. The van der Waals surface area contributed by atoms with Crippen LogP contribution in [0.25, 0.3) is 0 Å². The van der Waals surface area contributed by atoms with Gasteiger partial charge in [-0.05, 0) is 0 Å². The molecule has 0 fully saturated rings. The summed E-state index contributed by atoms with van der Waals surface area (Å²) in [5.74, 6) is -6.03. The summed E-state index contributed by atoms with van der Waals surface area (Å²) < 4.78 is 27.8. The molecule has 0 amide bonds. The summed E-state index contributed by atoms with van der Waals surface area (Å²) in [6.45, 7) is -2.47. The molecule has 0 radical (unpaired) electrons. The van der Waals surface area contributed by atoms with Crippen molar-refractivity contribution in [2.24, 2.45) is 0 Å². The number of carboxylic acids is 2. The van der Waals surface area contributed by atoms with Crippen LogP contribution in [-0.4, -0.2) is 46.7 Å². The number of nitrogens with zero attached hydrogens (tertiary/aromatic N) is 1. The van der Waals surface area contributed by atoms with E-state index in [9.17, 15) is 18.4 Å². The van der Waals surface area contributed by atoms with E-state index in [0.29, 0.717) is 4.90 Å². The molecule has 0 heterocycles. The van der Waals surface area contributed by atoms with Crippen molar-refractivity contribution in [2.45, 2.75) is 5.92 Å². The highest BCUT2D eigenvalue weighted by molar-refractivity contribution is 5.72. The Balaban J connectivity index is 2.82. The molecule has 1 rings (SSSR count). The second kappa shape index (κ2) is 6.24.